The van der Waals surface area contributed by atoms with Gasteiger partial charge in [0.05, 0.1) is 22.1 Å². The second-order valence-corrected chi connectivity index (χ2v) is 14.8. The zero-order chi connectivity index (χ0) is 31.7. The van der Waals surface area contributed by atoms with Crippen molar-refractivity contribution in [2.75, 3.05) is 0 Å². The number of hydrogen-bond donors (Lipinski definition) is 0. The molecule has 1 aliphatic rings. The Hall–Kier alpha value is -5.64. The molecular formula is C45H30N2S. The zero-order valence-electron chi connectivity index (χ0n) is 26.7. The summed E-state index contributed by atoms with van der Waals surface area (Å²) < 4.78 is 7.74. The number of thiophene rings is 1. The van der Waals surface area contributed by atoms with Gasteiger partial charge < -0.3 is 9.13 Å². The summed E-state index contributed by atoms with van der Waals surface area (Å²) in [5.41, 5.74) is 12.7. The van der Waals surface area contributed by atoms with Crippen molar-refractivity contribution >= 4 is 75.1 Å². The molecule has 1 aliphatic carbocycles. The molecule has 0 N–H and O–H groups in total. The lowest BCUT2D eigenvalue weighted by Gasteiger charge is -2.23. The van der Waals surface area contributed by atoms with E-state index in [4.69, 9.17) is 0 Å². The van der Waals surface area contributed by atoms with E-state index in [9.17, 15) is 0 Å². The summed E-state index contributed by atoms with van der Waals surface area (Å²) >= 11 is 1.88. The van der Waals surface area contributed by atoms with Crippen LogP contribution >= 0.6 is 11.3 Å². The van der Waals surface area contributed by atoms with Gasteiger partial charge in [0.25, 0.3) is 0 Å². The third kappa shape index (κ3) is 3.22. The summed E-state index contributed by atoms with van der Waals surface area (Å²) in [6, 6.07) is 54.0. The van der Waals surface area contributed by atoms with Crippen molar-refractivity contribution in [1.29, 1.82) is 0 Å². The van der Waals surface area contributed by atoms with E-state index < -0.39 is 0 Å². The summed E-state index contributed by atoms with van der Waals surface area (Å²) in [6.45, 7) is 4.85. The molecular weight excluding hydrogens is 601 g/mol. The number of fused-ring (bicyclic) bond motifs is 15. The topological polar surface area (TPSA) is 9.86 Å². The van der Waals surface area contributed by atoms with Gasteiger partial charge in [-0.05, 0) is 70.8 Å². The minimum absolute atomic E-state index is 0.184. The van der Waals surface area contributed by atoms with E-state index in [0.717, 1.165) is 0 Å². The second kappa shape index (κ2) is 9.25. The molecule has 3 aromatic heterocycles. The van der Waals surface area contributed by atoms with Crippen LogP contribution in [0.3, 0.4) is 0 Å². The minimum Gasteiger partial charge on any atom is -0.307 e. The molecule has 0 spiro atoms. The zero-order valence-corrected chi connectivity index (χ0v) is 27.5. The van der Waals surface area contributed by atoms with Gasteiger partial charge >= 0.3 is 0 Å². The number of nitrogens with zero attached hydrogens (tertiary/aromatic N) is 2. The average Bonchev–Trinajstić information content (AvgIpc) is 3.84. The van der Waals surface area contributed by atoms with Gasteiger partial charge in [-0.25, -0.2) is 0 Å². The van der Waals surface area contributed by atoms with Crippen LogP contribution in [-0.4, -0.2) is 9.13 Å². The Morgan fingerprint density at radius 3 is 1.85 bits per heavy atom. The number of hydrogen-bond acceptors (Lipinski definition) is 1. The maximum absolute atomic E-state index is 2.57. The molecule has 10 aromatic rings. The average molecular weight is 631 g/mol. The molecule has 3 heteroatoms. The summed E-state index contributed by atoms with van der Waals surface area (Å²) in [4.78, 5) is 0. The predicted molar refractivity (Wildman–Crippen MR) is 206 cm³/mol. The Balaban J connectivity index is 1.45. The molecule has 0 saturated carbocycles. The highest BCUT2D eigenvalue weighted by molar-refractivity contribution is 7.25. The van der Waals surface area contributed by atoms with Crippen molar-refractivity contribution in [3.8, 4) is 22.5 Å². The van der Waals surface area contributed by atoms with E-state index in [1.54, 1.807) is 0 Å². The lowest BCUT2D eigenvalue weighted by atomic mass is 9.80. The van der Waals surface area contributed by atoms with Crippen molar-refractivity contribution < 1.29 is 0 Å². The van der Waals surface area contributed by atoms with Crippen LogP contribution in [0.5, 0.6) is 0 Å². The van der Waals surface area contributed by atoms with Crippen molar-refractivity contribution in [1.82, 2.24) is 9.13 Å². The molecule has 0 aliphatic heterocycles. The van der Waals surface area contributed by atoms with Gasteiger partial charge in [0, 0.05) is 58.5 Å². The second-order valence-electron chi connectivity index (χ2n) is 13.7. The molecule has 0 fully saturated rings. The standard InChI is InChI=1S/C45H30N2S/c1-45(2)34-20-10-6-17-30(34)39-40-31-18-7-11-21-35(31)46(27-14-4-3-5-15-27)43(40)44-41(42(39)45)32-19-8-12-22-36(32)47(44)28-24-25-38-33(26-28)29-16-9-13-23-37(29)48-38/h3-26H,1-2H3. The van der Waals surface area contributed by atoms with E-state index in [1.165, 1.54) is 97.4 Å². The highest BCUT2D eigenvalue weighted by Gasteiger charge is 2.41. The van der Waals surface area contributed by atoms with Crippen LogP contribution < -0.4 is 0 Å². The molecule has 48 heavy (non-hydrogen) atoms. The lowest BCUT2D eigenvalue weighted by molar-refractivity contribution is 0.667. The molecule has 0 unspecified atom stereocenters. The van der Waals surface area contributed by atoms with Gasteiger partial charge in [-0.3, -0.25) is 0 Å². The molecule has 3 heterocycles. The molecule has 2 nitrogen and oxygen atoms in total. The Kier molecular flexibility index (Phi) is 5.09. The van der Waals surface area contributed by atoms with Crippen LogP contribution in [-0.2, 0) is 5.41 Å². The molecule has 0 bridgehead atoms. The van der Waals surface area contributed by atoms with Crippen LogP contribution in [0, 0.1) is 0 Å². The first-order chi connectivity index (χ1) is 23.6. The van der Waals surface area contributed by atoms with Crippen LogP contribution in [0.25, 0.3) is 86.3 Å². The van der Waals surface area contributed by atoms with Crippen molar-refractivity contribution in [3.63, 3.8) is 0 Å². The van der Waals surface area contributed by atoms with Crippen molar-refractivity contribution in [3.05, 3.63) is 157 Å². The highest BCUT2D eigenvalue weighted by atomic mass is 32.1. The van der Waals surface area contributed by atoms with Crippen LogP contribution in [0.2, 0.25) is 0 Å². The highest BCUT2D eigenvalue weighted by Crippen LogP contribution is 2.58. The molecule has 226 valence electrons. The largest absolute Gasteiger partial charge is 0.307 e. The van der Waals surface area contributed by atoms with Gasteiger partial charge in [0.2, 0.25) is 0 Å². The fraction of sp³-hybridized carbons (Fsp3) is 0.0667. The normalized spacial score (nSPS) is 13.8. The molecule has 11 rings (SSSR count). The van der Waals surface area contributed by atoms with Crippen molar-refractivity contribution in [2.24, 2.45) is 0 Å². The first-order valence-electron chi connectivity index (χ1n) is 16.7. The molecule has 0 saturated heterocycles. The summed E-state index contributed by atoms with van der Waals surface area (Å²) in [6.07, 6.45) is 0. The Morgan fingerprint density at radius 2 is 1.06 bits per heavy atom. The SMILES string of the molecule is CC1(C)c2ccccc2-c2c1c1c3ccccc3n(-c3ccc4sc5ccccc5c4c3)c1c1c2c2ccccc2n1-c1ccccc1. The third-order valence-corrected chi connectivity index (χ3v) is 12.0. The fourth-order valence-electron chi connectivity index (χ4n) is 8.93. The van der Waals surface area contributed by atoms with Gasteiger partial charge in [0.15, 0.2) is 0 Å². The summed E-state index contributed by atoms with van der Waals surface area (Å²) in [5, 5.41) is 7.91. The van der Waals surface area contributed by atoms with E-state index in [-0.39, 0.29) is 5.41 Å². The number of para-hydroxylation sites is 3. The maximum atomic E-state index is 2.57. The third-order valence-electron chi connectivity index (χ3n) is 10.9. The molecule has 0 atom stereocenters. The molecule has 0 amide bonds. The summed E-state index contributed by atoms with van der Waals surface area (Å²) in [5.74, 6) is 0. The first-order valence-corrected chi connectivity index (χ1v) is 17.5. The van der Waals surface area contributed by atoms with Crippen LogP contribution in [0.1, 0.15) is 25.0 Å². The predicted octanol–water partition coefficient (Wildman–Crippen LogP) is 12.6. The minimum atomic E-state index is -0.184. The number of rotatable bonds is 2. The molecule has 0 radical (unpaired) electrons. The van der Waals surface area contributed by atoms with E-state index >= 15 is 0 Å². The Labute approximate surface area is 281 Å². The summed E-state index contributed by atoms with van der Waals surface area (Å²) in [7, 11) is 0. The molecule has 7 aromatic carbocycles. The van der Waals surface area contributed by atoms with Gasteiger partial charge in [-0.15, -0.1) is 11.3 Å². The smallest absolute Gasteiger partial charge is 0.0795 e. The van der Waals surface area contributed by atoms with Gasteiger partial charge in [-0.1, -0.05) is 111 Å². The van der Waals surface area contributed by atoms with Crippen molar-refractivity contribution in [2.45, 2.75) is 19.3 Å². The van der Waals surface area contributed by atoms with E-state index in [2.05, 4.69) is 169 Å². The Morgan fingerprint density at radius 1 is 0.479 bits per heavy atom. The monoisotopic (exact) mass is 630 g/mol. The van der Waals surface area contributed by atoms with Gasteiger partial charge in [-0.2, -0.15) is 0 Å². The Bertz CT molecular complexity index is 2970. The fourth-order valence-corrected chi connectivity index (χ4v) is 10.0. The van der Waals surface area contributed by atoms with E-state index in [0.29, 0.717) is 0 Å². The van der Waals surface area contributed by atoms with Crippen LogP contribution in [0.4, 0.5) is 0 Å². The van der Waals surface area contributed by atoms with Crippen LogP contribution in [0.15, 0.2) is 146 Å². The van der Waals surface area contributed by atoms with Gasteiger partial charge in [0.1, 0.15) is 0 Å². The number of aromatic nitrogens is 2. The van der Waals surface area contributed by atoms with E-state index in [1.807, 2.05) is 11.3 Å². The lowest BCUT2D eigenvalue weighted by Crippen LogP contribution is -2.15. The first kappa shape index (κ1) is 26.4. The maximum Gasteiger partial charge on any atom is 0.0795 e. The quantitative estimate of drug-likeness (QED) is 0.180. The number of benzene rings is 7.